The van der Waals surface area contributed by atoms with Gasteiger partial charge >= 0.3 is 6.03 Å². The van der Waals surface area contributed by atoms with Gasteiger partial charge in [-0.25, -0.2) is 4.79 Å². The molecule has 1 fully saturated rings. The number of amides is 2. The highest BCUT2D eigenvalue weighted by molar-refractivity contribution is 5.90. The number of carbonyl (C=O) groups is 1. The Morgan fingerprint density at radius 2 is 1.73 bits per heavy atom. The average Bonchev–Trinajstić information content (AvgIpc) is 3.10. The van der Waals surface area contributed by atoms with Gasteiger partial charge < -0.3 is 15.2 Å². The summed E-state index contributed by atoms with van der Waals surface area (Å²) in [5.41, 5.74) is 3.14. The van der Waals surface area contributed by atoms with E-state index in [-0.39, 0.29) is 6.03 Å². The molecule has 1 saturated carbocycles. The molecule has 1 aliphatic carbocycles. The van der Waals surface area contributed by atoms with Crippen LogP contribution in [-0.2, 0) is 6.54 Å². The standard InChI is InChI=1S/C22H25N3O/c26-22(24-18-9-3-1-4-10-18)25(19-11-5-2-6-12-19)16-17-15-23-21-14-8-7-13-20(17)21/h1,3-4,7-10,13-15,19,23H,2,5-6,11-12,16H2,(H,24,26). The summed E-state index contributed by atoms with van der Waals surface area (Å²) in [6, 6.07) is 18.3. The van der Waals surface area contributed by atoms with E-state index in [4.69, 9.17) is 0 Å². The normalized spacial score (nSPS) is 15.1. The van der Waals surface area contributed by atoms with Crippen LogP contribution in [0.3, 0.4) is 0 Å². The van der Waals surface area contributed by atoms with Gasteiger partial charge in [0.2, 0.25) is 0 Å². The molecule has 0 bridgehead atoms. The molecule has 1 heterocycles. The molecule has 4 heteroatoms. The van der Waals surface area contributed by atoms with Crippen molar-refractivity contribution in [2.45, 2.75) is 44.7 Å². The summed E-state index contributed by atoms with van der Waals surface area (Å²) in [7, 11) is 0. The second-order valence-corrected chi connectivity index (χ2v) is 7.08. The fourth-order valence-electron chi connectivity index (χ4n) is 3.92. The fraction of sp³-hybridized carbons (Fsp3) is 0.318. The number of aromatic nitrogens is 1. The van der Waals surface area contributed by atoms with Crippen molar-refractivity contribution in [2.75, 3.05) is 5.32 Å². The van der Waals surface area contributed by atoms with Crippen LogP contribution in [0.5, 0.6) is 0 Å². The zero-order valence-corrected chi connectivity index (χ0v) is 14.9. The summed E-state index contributed by atoms with van der Waals surface area (Å²) in [6.45, 7) is 0.632. The zero-order chi connectivity index (χ0) is 17.8. The number of para-hydroxylation sites is 2. The third-order valence-corrected chi connectivity index (χ3v) is 5.32. The topological polar surface area (TPSA) is 48.1 Å². The maximum atomic E-state index is 13.1. The van der Waals surface area contributed by atoms with Crippen LogP contribution in [0.15, 0.2) is 60.8 Å². The first-order chi connectivity index (χ1) is 12.8. The van der Waals surface area contributed by atoms with Crippen LogP contribution >= 0.6 is 0 Å². The minimum atomic E-state index is -0.00613. The summed E-state index contributed by atoms with van der Waals surface area (Å²) >= 11 is 0. The summed E-state index contributed by atoms with van der Waals surface area (Å²) in [5.74, 6) is 0. The number of hydrogen-bond donors (Lipinski definition) is 2. The van der Waals surface area contributed by atoms with E-state index in [9.17, 15) is 4.79 Å². The van der Waals surface area contributed by atoms with E-state index in [0.29, 0.717) is 12.6 Å². The first-order valence-corrected chi connectivity index (χ1v) is 9.49. The number of rotatable bonds is 4. The van der Waals surface area contributed by atoms with E-state index in [0.717, 1.165) is 24.0 Å². The number of aromatic amines is 1. The van der Waals surface area contributed by atoms with E-state index in [1.807, 2.05) is 47.5 Å². The van der Waals surface area contributed by atoms with Gasteiger partial charge in [-0.2, -0.15) is 0 Å². The number of fused-ring (bicyclic) bond motifs is 1. The Morgan fingerprint density at radius 3 is 2.54 bits per heavy atom. The van der Waals surface area contributed by atoms with Crippen molar-refractivity contribution < 1.29 is 4.79 Å². The molecule has 1 aliphatic rings. The highest BCUT2D eigenvalue weighted by Gasteiger charge is 2.26. The molecule has 0 atom stereocenters. The summed E-state index contributed by atoms with van der Waals surface area (Å²) < 4.78 is 0. The number of nitrogens with zero attached hydrogens (tertiary/aromatic N) is 1. The Morgan fingerprint density at radius 1 is 1.00 bits per heavy atom. The summed E-state index contributed by atoms with van der Waals surface area (Å²) in [6.07, 6.45) is 7.89. The summed E-state index contributed by atoms with van der Waals surface area (Å²) in [5, 5.41) is 4.27. The number of H-pyrrole nitrogens is 1. The Bertz CT molecular complexity index is 865. The van der Waals surface area contributed by atoms with E-state index in [2.05, 4.69) is 28.5 Å². The minimum absolute atomic E-state index is 0.00613. The van der Waals surface area contributed by atoms with Gasteiger partial charge in [0.25, 0.3) is 0 Å². The van der Waals surface area contributed by atoms with Gasteiger partial charge in [0.1, 0.15) is 0 Å². The smallest absolute Gasteiger partial charge is 0.322 e. The fourth-order valence-corrected chi connectivity index (χ4v) is 3.92. The van der Waals surface area contributed by atoms with Gasteiger partial charge in [0.05, 0.1) is 0 Å². The number of anilines is 1. The second kappa shape index (κ2) is 7.65. The van der Waals surface area contributed by atoms with Crippen molar-refractivity contribution >= 4 is 22.6 Å². The van der Waals surface area contributed by atoms with Crippen molar-refractivity contribution in [1.29, 1.82) is 0 Å². The zero-order valence-electron chi connectivity index (χ0n) is 14.9. The SMILES string of the molecule is O=C(Nc1ccccc1)N(Cc1c[nH]c2ccccc12)C1CCCCC1. The lowest BCUT2D eigenvalue weighted by Crippen LogP contribution is -2.43. The lowest BCUT2D eigenvalue weighted by atomic mass is 9.94. The monoisotopic (exact) mass is 347 g/mol. The van der Waals surface area contributed by atoms with E-state index in [1.54, 1.807) is 0 Å². The van der Waals surface area contributed by atoms with Gasteiger partial charge in [-0.1, -0.05) is 55.7 Å². The van der Waals surface area contributed by atoms with Crippen LogP contribution in [0.2, 0.25) is 0 Å². The Kier molecular flexibility index (Phi) is 4.91. The first kappa shape index (κ1) is 16.7. The van der Waals surface area contributed by atoms with Crippen LogP contribution in [0.4, 0.5) is 10.5 Å². The van der Waals surface area contributed by atoms with Gasteiger partial charge in [-0.15, -0.1) is 0 Å². The van der Waals surface area contributed by atoms with Crippen molar-refractivity contribution in [3.05, 3.63) is 66.4 Å². The highest BCUT2D eigenvalue weighted by atomic mass is 16.2. The molecule has 0 saturated heterocycles. The largest absolute Gasteiger partial charge is 0.361 e. The molecular formula is C22H25N3O. The molecule has 2 N–H and O–H groups in total. The molecule has 0 unspecified atom stereocenters. The molecule has 26 heavy (non-hydrogen) atoms. The Labute approximate surface area is 154 Å². The first-order valence-electron chi connectivity index (χ1n) is 9.49. The summed E-state index contributed by atoms with van der Waals surface area (Å²) in [4.78, 5) is 18.4. The Hall–Kier alpha value is -2.75. The molecule has 1 aromatic heterocycles. The predicted molar refractivity (Wildman–Crippen MR) is 106 cm³/mol. The third-order valence-electron chi connectivity index (χ3n) is 5.32. The van der Waals surface area contributed by atoms with Gasteiger partial charge in [0, 0.05) is 35.4 Å². The molecular weight excluding hydrogens is 322 g/mol. The molecule has 2 amide bonds. The van der Waals surface area contributed by atoms with Crippen LogP contribution in [-0.4, -0.2) is 22.0 Å². The van der Waals surface area contributed by atoms with E-state index in [1.165, 1.54) is 30.2 Å². The predicted octanol–water partition coefficient (Wildman–Crippen LogP) is 5.53. The number of carbonyl (C=O) groups excluding carboxylic acids is 1. The van der Waals surface area contributed by atoms with Crippen molar-refractivity contribution in [3.8, 4) is 0 Å². The molecule has 0 radical (unpaired) electrons. The molecule has 4 nitrogen and oxygen atoms in total. The molecule has 3 aromatic rings. The van der Waals surface area contributed by atoms with Crippen molar-refractivity contribution in [3.63, 3.8) is 0 Å². The van der Waals surface area contributed by atoms with Crippen LogP contribution < -0.4 is 5.32 Å². The lowest BCUT2D eigenvalue weighted by Gasteiger charge is -2.34. The third kappa shape index (κ3) is 3.59. The van der Waals surface area contributed by atoms with Crippen LogP contribution in [0.1, 0.15) is 37.7 Å². The molecule has 2 aromatic carbocycles. The Balaban J connectivity index is 1.59. The number of hydrogen-bond acceptors (Lipinski definition) is 1. The minimum Gasteiger partial charge on any atom is -0.361 e. The number of nitrogens with one attached hydrogen (secondary N) is 2. The number of benzene rings is 2. The molecule has 134 valence electrons. The van der Waals surface area contributed by atoms with Crippen LogP contribution in [0.25, 0.3) is 10.9 Å². The van der Waals surface area contributed by atoms with E-state index < -0.39 is 0 Å². The van der Waals surface area contributed by atoms with Crippen molar-refractivity contribution in [1.82, 2.24) is 9.88 Å². The van der Waals surface area contributed by atoms with Crippen molar-refractivity contribution in [2.24, 2.45) is 0 Å². The average molecular weight is 347 g/mol. The maximum absolute atomic E-state index is 13.1. The molecule has 0 spiro atoms. The second-order valence-electron chi connectivity index (χ2n) is 7.08. The van der Waals surface area contributed by atoms with Gasteiger partial charge in [-0.05, 0) is 36.6 Å². The quantitative estimate of drug-likeness (QED) is 0.640. The molecule has 4 rings (SSSR count). The van der Waals surface area contributed by atoms with Crippen LogP contribution in [0, 0.1) is 0 Å². The lowest BCUT2D eigenvalue weighted by molar-refractivity contribution is 0.163. The highest BCUT2D eigenvalue weighted by Crippen LogP contribution is 2.27. The van der Waals surface area contributed by atoms with E-state index >= 15 is 0 Å². The maximum Gasteiger partial charge on any atom is 0.322 e. The van der Waals surface area contributed by atoms with Gasteiger partial charge in [-0.3, -0.25) is 0 Å². The number of urea groups is 1. The molecule has 0 aliphatic heterocycles. The van der Waals surface area contributed by atoms with Gasteiger partial charge in [0.15, 0.2) is 0 Å².